The van der Waals surface area contributed by atoms with Gasteiger partial charge in [0.25, 0.3) is 0 Å². The lowest BCUT2D eigenvalue weighted by Crippen LogP contribution is -2.41. The van der Waals surface area contributed by atoms with Crippen LogP contribution in [0.25, 0.3) is 0 Å². The second-order valence-electron chi connectivity index (χ2n) is 7.82. The van der Waals surface area contributed by atoms with Crippen molar-refractivity contribution in [3.05, 3.63) is 53.1 Å². The van der Waals surface area contributed by atoms with Gasteiger partial charge < -0.3 is 14.8 Å². The van der Waals surface area contributed by atoms with Gasteiger partial charge >= 0.3 is 0 Å². The van der Waals surface area contributed by atoms with Gasteiger partial charge in [0.15, 0.2) is 11.5 Å². The highest BCUT2D eigenvalue weighted by atomic mass is 16.6. The van der Waals surface area contributed by atoms with E-state index in [4.69, 9.17) is 9.47 Å². The normalized spacial score (nSPS) is 15.2. The van der Waals surface area contributed by atoms with E-state index in [2.05, 4.69) is 24.5 Å². The van der Waals surface area contributed by atoms with Crippen molar-refractivity contribution >= 4 is 11.6 Å². The van der Waals surface area contributed by atoms with Gasteiger partial charge in [0.05, 0.1) is 6.04 Å². The molecule has 150 valence electrons. The molecule has 2 atom stereocenters. The lowest BCUT2D eigenvalue weighted by molar-refractivity contribution is -0.118. The van der Waals surface area contributed by atoms with E-state index in [9.17, 15) is 4.79 Å². The van der Waals surface area contributed by atoms with Gasteiger partial charge in [-0.25, -0.2) is 0 Å². The molecular weight excluding hydrogens is 352 g/mol. The van der Waals surface area contributed by atoms with Crippen LogP contribution in [0.3, 0.4) is 0 Å². The molecule has 5 heteroatoms. The predicted molar refractivity (Wildman–Crippen MR) is 112 cm³/mol. The SMILES string of the molecule is Cc1ccc(C)c(NC(=O)[C@H](C)N[C@H](c2ccc3c(c2)OCCO3)C(C)C)c1. The number of amides is 1. The Morgan fingerprint density at radius 1 is 0.964 bits per heavy atom. The Kier molecular flexibility index (Phi) is 6.25. The predicted octanol–water partition coefficient (Wildman–Crippen LogP) is 4.39. The number of rotatable bonds is 6. The van der Waals surface area contributed by atoms with Crippen LogP contribution in [0, 0.1) is 19.8 Å². The number of ether oxygens (including phenoxy) is 2. The van der Waals surface area contributed by atoms with E-state index in [1.165, 1.54) is 0 Å². The fraction of sp³-hybridized carbons (Fsp3) is 0.435. The summed E-state index contributed by atoms with van der Waals surface area (Å²) in [6.07, 6.45) is 0. The number of aryl methyl sites for hydroxylation is 2. The Morgan fingerprint density at radius 3 is 2.39 bits per heavy atom. The lowest BCUT2D eigenvalue weighted by atomic mass is 9.94. The zero-order chi connectivity index (χ0) is 20.3. The monoisotopic (exact) mass is 382 g/mol. The highest BCUT2D eigenvalue weighted by Crippen LogP contribution is 2.34. The summed E-state index contributed by atoms with van der Waals surface area (Å²) < 4.78 is 11.3. The third-order valence-electron chi connectivity index (χ3n) is 5.07. The van der Waals surface area contributed by atoms with Crippen molar-refractivity contribution in [2.45, 2.75) is 46.7 Å². The largest absolute Gasteiger partial charge is 0.486 e. The Labute approximate surface area is 167 Å². The van der Waals surface area contributed by atoms with Crippen LogP contribution in [-0.4, -0.2) is 25.2 Å². The summed E-state index contributed by atoms with van der Waals surface area (Å²) in [4.78, 5) is 12.8. The maximum Gasteiger partial charge on any atom is 0.241 e. The van der Waals surface area contributed by atoms with E-state index in [0.29, 0.717) is 19.1 Å². The molecule has 1 amide bonds. The van der Waals surface area contributed by atoms with E-state index < -0.39 is 0 Å². The van der Waals surface area contributed by atoms with Gasteiger partial charge in [0.1, 0.15) is 13.2 Å². The maximum absolute atomic E-state index is 12.8. The molecule has 0 aromatic heterocycles. The smallest absolute Gasteiger partial charge is 0.241 e. The second kappa shape index (κ2) is 8.65. The highest BCUT2D eigenvalue weighted by Gasteiger charge is 2.24. The molecule has 0 saturated carbocycles. The molecule has 5 nitrogen and oxygen atoms in total. The van der Waals surface area contributed by atoms with Crippen molar-refractivity contribution in [2.75, 3.05) is 18.5 Å². The second-order valence-corrected chi connectivity index (χ2v) is 7.82. The van der Waals surface area contributed by atoms with Crippen LogP contribution in [0.2, 0.25) is 0 Å². The minimum Gasteiger partial charge on any atom is -0.486 e. The summed E-state index contributed by atoms with van der Waals surface area (Å²) in [6, 6.07) is 11.7. The lowest BCUT2D eigenvalue weighted by Gasteiger charge is -2.28. The van der Waals surface area contributed by atoms with Gasteiger partial charge in [0, 0.05) is 11.7 Å². The molecule has 2 aromatic carbocycles. The highest BCUT2D eigenvalue weighted by molar-refractivity contribution is 5.95. The number of carbonyl (C=O) groups is 1. The van der Waals surface area contributed by atoms with Crippen molar-refractivity contribution in [1.82, 2.24) is 5.32 Å². The first kappa shape index (κ1) is 20.2. The summed E-state index contributed by atoms with van der Waals surface area (Å²) in [5, 5.41) is 6.54. The number of fused-ring (bicyclic) bond motifs is 1. The van der Waals surface area contributed by atoms with Crippen LogP contribution < -0.4 is 20.1 Å². The van der Waals surface area contributed by atoms with Crippen LogP contribution in [0.15, 0.2) is 36.4 Å². The van der Waals surface area contributed by atoms with E-state index in [-0.39, 0.29) is 18.0 Å². The molecule has 2 aromatic rings. The van der Waals surface area contributed by atoms with E-state index in [0.717, 1.165) is 33.9 Å². The Balaban J connectivity index is 1.73. The minimum absolute atomic E-state index is 0.0233. The number of anilines is 1. The van der Waals surface area contributed by atoms with E-state index >= 15 is 0 Å². The summed E-state index contributed by atoms with van der Waals surface area (Å²) in [7, 11) is 0. The average Bonchev–Trinajstić information content (AvgIpc) is 2.68. The Hall–Kier alpha value is -2.53. The molecule has 1 aliphatic heterocycles. The Bertz CT molecular complexity index is 848. The summed E-state index contributed by atoms with van der Waals surface area (Å²) in [6.45, 7) is 11.3. The molecule has 0 aliphatic carbocycles. The quantitative estimate of drug-likeness (QED) is 0.778. The fourth-order valence-electron chi connectivity index (χ4n) is 3.38. The molecule has 0 unspecified atom stereocenters. The molecule has 0 spiro atoms. The third-order valence-corrected chi connectivity index (χ3v) is 5.07. The first-order valence-electron chi connectivity index (χ1n) is 9.89. The van der Waals surface area contributed by atoms with Crippen molar-refractivity contribution in [3.63, 3.8) is 0 Å². The molecule has 0 fully saturated rings. The summed E-state index contributed by atoms with van der Waals surface area (Å²) in [5.41, 5.74) is 4.13. The molecule has 28 heavy (non-hydrogen) atoms. The van der Waals surface area contributed by atoms with Crippen molar-refractivity contribution < 1.29 is 14.3 Å². The summed E-state index contributed by atoms with van der Waals surface area (Å²) in [5.74, 6) is 1.80. The van der Waals surface area contributed by atoms with Gasteiger partial charge in [-0.2, -0.15) is 0 Å². The number of hydrogen-bond donors (Lipinski definition) is 2. The van der Waals surface area contributed by atoms with Crippen LogP contribution in [0.5, 0.6) is 11.5 Å². The maximum atomic E-state index is 12.8. The van der Waals surface area contributed by atoms with Gasteiger partial charge in [-0.1, -0.05) is 32.0 Å². The first-order valence-corrected chi connectivity index (χ1v) is 9.89. The molecule has 3 rings (SSSR count). The molecule has 0 radical (unpaired) electrons. The first-order chi connectivity index (χ1) is 13.3. The molecule has 1 heterocycles. The van der Waals surface area contributed by atoms with Crippen molar-refractivity contribution in [3.8, 4) is 11.5 Å². The van der Waals surface area contributed by atoms with Crippen LogP contribution >= 0.6 is 0 Å². The Morgan fingerprint density at radius 2 is 1.68 bits per heavy atom. The van der Waals surface area contributed by atoms with Crippen LogP contribution in [-0.2, 0) is 4.79 Å². The zero-order valence-electron chi connectivity index (χ0n) is 17.3. The standard InChI is InChI=1S/C23H30N2O3/c1-14(2)22(18-8-9-20-21(13-18)28-11-10-27-20)24-17(5)23(26)25-19-12-15(3)6-7-16(19)4/h6-9,12-14,17,22,24H,10-11H2,1-5H3,(H,25,26)/t17-,22-/m0/s1. The van der Waals surface area contributed by atoms with Gasteiger partial charge in [-0.15, -0.1) is 0 Å². The molecule has 0 saturated heterocycles. The minimum atomic E-state index is -0.347. The molecular formula is C23H30N2O3. The molecule has 2 N–H and O–H groups in total. The molecule has 0 bridgehead atoms. The topological polar surface area (TPSA) is 59.6 Å². The van der Waals surface area contributed by atoms with E-state index in [1.54, 1.807) is 0 Å². The molecule has 1 aliphatic rings. The van der Waals surface area contributed by atoms with Gasteiger partial charge in [0.2, 0.25) is 5.91 Å². The van der Waals surface area contributed by atoms with Crippen molar-refractivity contribution in [2.24, 2.45) is 5.92 Å². The summed E-state index contributed by atoms with van der Waals surface area (Å²) >= 11 is 0. The number of nitrogens with one attached hydrogen (secondary N) is 2. The number of carbonyl (C=O) groups excluding carboxylic acids is 1. The zero-order valence-corrected chi connectivity index (χ0v) is 17.3. The number of benzene rings is 2. The number of hydrogen-bond acceptors (Lipinski definition) is 4. The fourth-order valence-corrected chi connectivity index (χ4v) is 3.38. The van der Waals surface area contributed by atoms with E-state index in [1.807, 2.05) is 57.2 Å². The van der Waals surface area contributed by atoms with Crippen LogP contribution in [0.4, 0.5) is 5.69 Å². The van der Waals surface area contributed by atoms with Gasteiger partial charge in [-0.3, -0.25) is 10.1 Å². The van der Waals surface area contributed by atoms with Gasteiger partial charge in [-0.05, 0) is 61.6 Å². The third kappa shape index (κ3) is 4.65. The van der Waals surface area contributed by atoms with Crippen LogP contribution in [0.1, 0.15) is 43.5 Å². The average molecular weight is 383 g/mol. The van der Waals surface area contributed by atoms with Crippen molar-refractivity contribution in [1.29, 1.82) is 0 Å².